The Morgan fingerprint density at radius 3 is 2.21 bits per heavy atom. The Labute approximate surface area is 172 Å². The number of benzene rings is 2. The smallest absolute Gasteiger partial charge is 0.306 e. The number of aliphatic carboxylic acids is 1. The molecule has 2 N–H and O–H groups in total. The van der Waals surface area contributed by atoms with Crippen LogP contribution in [-0.4, -0.2) is 23.6 Å². The van der Waals surface area contributed by atoms with Gasteiger partial charge in [-0.2, -0.15) is 0 Å². The zero-order chi connectivity index (χ0) is 20.5. The van der Waals surface area contributed by atoms with Gasteiger partial charge in [0.15, 0.2) is 0 Å². The first-order valence-corrected chi connectivity index (χ1v) is 10.3. The monoisotopic (exact) mass is 395 g/mol. The summed E-state index contributed by atoms with van der Waals surface area (Å²) in [6, 6.07) is 19.6. The number of rotatable bonds is 9. The van der Waals surface area contributed by atoms with Crippen LogP contribution in [0, 0.1) is 11.8 Å². The first-order valence-electron chi connectivity index (χ1n) is 10.3. The van der Waals surface area contributed by atoms with Gasteiger partial charge >= 0.3 is 5.97 Å². The molecule has 1 atom stereocenters. The van der Waals surface area contributed by atoms with Crippen LogP contribution in [0.3, 0.4) is 0 Å². The largest absolute Gasteiger partial charge is 0.481 e. The van der Waals surface area contributed by atoms with Gasteiger partial charge < -0.3 is 15.2 Å². The van der Waals surface area contributed by atoms with Crippen molar-refractivity contribution in [2.24, 2.45) is 11.8 Å². The molecular formula is C24H29NO4. The predicted molar refractivity (Wildman–Crippen MR) is 111 cm³/mol. The van der Waals surface area contributed by atoms with E-state index in [4.69, 9.17) is 9.84 Å². The summed E-state index contributed by atoms with van der Waals surface area (Å²) >= 11 is 0. The van der Waals surface area contributed by atoms with E-state index in [1.807, 2.05) is 60.7 Å². The van der Waals surface area contributed by atoms with Crippen molar-refractivity contribution in [3.8, 4) is 0 Å². The van der Waals surface area contributed by atoms with E-state index < -0.39 is 5.97 Å². The SMILES string of the molecule is O=C(CC1CCC(C(=O)O)CC1)NC(COCc1ccccc1)c1ccccc1. The van der Waals surface area contributed by atoms with Gasteiger partial charge in [-0.25, -0.2) is 0 Å². The van der Waals surface area contributed by atoms with Crippen LogP contribution in [0.2, 0.25) is 0 Å². The molecule has 5 nitrogen and oxygen atoms in total. The Bertz CT molecular complexity index is 770. The average molecular weight is 395 g/mol. The van der Waals surface area contributed by atoms with E-state index in [1.54, 1.807) is 0 Å². The molecule has 154 valence electrons. The van der Waals surface area contributed by atoms with Crippen molar-refractivity contribution >= 4 is 11.9 Å². The van der Waals surface area contributed by atoms with E-state index >= 15 is 0 Å². The molecule has 2 aromatic rings. The summed E-state index contributed by atoms with van der Waals surface area (Å²) in [4.78, 5) is 23.8. The number of carbonyl (C=O) groups is 2. The molecule has 0 spiro atoms. The minimum absolute atomic E-state index is 0.000870. The molecule has 0 saturated heterocycles. The van der Waals surface area contributed by atoms with E-state index in [9.17, 15) is 9.59 Å². The normalized spacial score (nSPS) is 20.0. The standard InChI is InChI=1S/C24H29NO4/c26-23(15-18-11-13-21(14-12-18)24(27)28)25-22(20-9-5-2-6-10-20)17-29-16-19-7-3-1-4-8-19/h1-10,18,21-22H,11-17H2,(H,25,26)(H,27,28). The third-order valence-electron chi connectivity index (χ3n) is 5.60. The first kappa shape index (κ1) is 21.1. The van der Waals surface area contributed by atoms with Crippen molar-refractivity contribution in [1.82, 2.24) is 5.32 Å². The van der Waals surface area contributed by atoms with Crippen molar-refractivity contribution in [2.45, 2.75) is 44.8 Å². The Kier molecular flexibility index (Phi) is 7.82. The third-order valence-corrected chi connectivity index (χ3v) is 5.60. The first-order chi connectivity index (χ1) is 14.1. The van der Waals surface area contributed by atoms with Gasteiger partial charge in [-0.1, -0.05) is 60.7 Å². The molecule has 2 aromatic carbocycles. The summed E-state index contributed by atoms with van der Waals surface area (Å²) < 4.78 is 5.89. The molecule has 1 unspecified atom stereocenters. The molecule has 0 radical (unpaired) electrons. The zero-order valence-corrected chi connectivity index (χ0v) is 16.6. The highest BCUT2D eigenvalue weighted by Gasteiger charge is 2.27. The number of amides is 1. The molecule has 5 heteroatoms. The summed E-state index contributed by atoms with van der Waals surface area (Å²) in [7, 11) is 0. The van der Waals surface area contributed by atoms with E-state index in [1.165, 1.54) is 0 Å². The fourth-order valence-corrected chi connectivity index (χ4v) is 3.90. The maximum absolute atomic E-state index is 12.7. The van der Waals surface area contributed by atoms with Gasteiger partial charge in [0.25, 0.3) is 0 Å². The molecule has 0 aliphatic heterocycles. The van der Waals surface area contributed by atoms with Gasteiger partial charge in [0.2, 0.25) is 5.91 Å². The second-order valence-corrected chi connectivity index (χ2v) is 7.79. The lowest BCUT2D eigenvalue weighted by Gasteiger charge is -2.26. The molecule has 3 rings (SSSR count). The minimum atomic E-state index is -0.715. The fraction of sp³-hybridized carbons (Fsp3) is 0.417. The van der Waals surface area contributed by atoms with Crippen LogP contribution < -0.4 is 5.32 Å². The molecular weight excluding hydrogens is 366 g/mol. The van der Waals surface area contributed by atoms with Gasteiger partial charge in [-0.15, -0.1) is 0 Å². The van der Waals surface area contributed by atoms with Gasteiger partial charge in [0, 0.05) is 6.42 Å². The lowest BCUT2D eigenvalue weighted by atomic mass is 9.80. The van der Waals surface area contributed by atoms with Crippen molar-refractivity contribution in [3.63, 3.8) is 0 Å². The topological polar surface area (TPSA) is 75.6 Å². The minimum Gasteiger partial charge on any atom is -0.481 e. The number of carboxylic acids is 1. The quantitative estimate of drug-likeness (QED) is 0.662. The number of carbonyl (C=O) groups excluding carboxylic acids is 1. The summed E-state index contributed by atoms with van der Waals surface area (Å²) in [5, 5.41) is 12.2. The molecule has 0 bridgehead atoms. The van der Waals surface area contributed by atoms with Crippen LogP contribution in [0.25, 0.3) is 0 Å². The van der Waals surface area contributed by atoms with Crippen molar-refractivity contribution in [2.75, 3.05) is 6.61 Å². The van der Waals surface area contributed by atoms with E-state index in [0.717, 1.165) is 24.0 Å². The van der Waals surface area contributed by atoms with Gasteiger partial charge in [-0.05, 0) is 42.7 Å². The lowest BCUT2D eigenvalue weighted by Crippen LogP contribution is -2.33. The highest BCUT2D eigenvalue weighted by Crippen LogP contribution is 2.31. The summed E-state index contributed by atoms with van der Waals surface area (Å²) in [5.74, 6) is -0.710. The fourth-order valence-electron chi connectivity index (χ4n) is 3.90. The van der Waals surface area contributed by atoms with Crippen LogP contribution in [-0.2, 0) is 20.9 Å². The number of carboxylic acid groups (broad SMARTS) is 1. The average Bonchev–Trinajstić information content (AvgIpc) is 2.75. The van der Waals surface area contributed by atoms with E-state index in [-0.39, 0.29) is 23.8 Å². The van der Waals surface area contributed by atoms with Crippen LogP contribution >= 0.6 is 0 Å². The summed E-state index contributed by atoms with van der Waals surface area (Å²) in [5.41, 5.74) is 2.12. The molecule has 1 fully saturated rings. The predicted octanol–water partition coefficient (Wildman–Crippen LogP) is 4.34. The highest BCUT2D eigenvalue weighted by molar-refractivity contribution is 5.77. The van der Waals surface area contributed by atoms with Crippen molar-refractivity contribution < 1.29 is 19.4 Å². The third kappa shape index (κ3) is 6.71. The Balaban J connectivity index is 1.52. The van der Waals surface area contributed by atoms with Gasteiger partial charge in [-0.3, -0.25) is 9.59 Å². The molecule has 1 saturated carbocycles. The van der Waals surface area contributed by atoms with Gasteiger partial charge in [0.05, 0.1) is 25.2 Å². The molecule has 1 aliphatic rings. The zero-order valence-electron chi connectivity index (χ0n) is 16.6. The van der Waals surface area contributed by atoms with Crippen LogP contribution in [0.5, 0.6) is 0 Å². The Morgan fingerprint density at radius 1 is 0.966 bits per heavy atom. The summed E-state index contributed by atoms with van der Waals surface area (Å²) in [6.07, 6.45) is 3.36. The van der Waals surface area contributed by atoms with Crippen LogP contribution in [0.4, 0.5) is 0 Å². The van der Waals surface area contributed by atoms with Crippen LogP contribution in [0.1, 0.15) is 49.3 Å². The number of hydrogen-bond donors (Lipinski definition) is 2. The molecule has 0 aromatic heterocycles. The van der Waals surface area contributed by atoms with Crippen LogP contribution in [0.15, 0.2) is 60.7 Å². The molecule has 0 heterocycles. The number of ether oxygens (including phenoxy) is 1. The Morgan fingerprint density at radius 2 is 1.59 bits per heavy atom. The highest BCUT2D eigenvalue weighted by atomic mass is 16.5. The van der Waals surface area contributed by atoms with Crippen molar-refractivity contribution in [3.05, 3.63) is 71.8 Å². The maximum atomic E-state index is 12.7. The number of hydrogen-bond acceptors (Lipinski definition) is 3. The second-order valence-electron chi connectivity index (χ2n) is 7.79. The van der Waals surface area contributed by atoms with Crippen molar-refractivity contribution in [1.29, 1.82) is 0 Å². The molecule has 29 heavy (non-hydrogen) atoms. The second kappa shape index (κ2) is 10.8. The molecule has 1 aliphatic carbocycles. The van der Waals surface area contributed by atoms with E-state index in [0.29, 0.717) is 32.5 Å². The lowest BCUT2D eigenvalue weighted by molar-refractivity contribution is -0.143. The Hall–Kier alpha value is -2.66. The number of nitrogens with one attached hydrogen (secondary N) is 1. The maximum Gasteiger partial charge on any atom is 0.306 e. The van der Waals surface area contributed by atoms with E-state index in [2.05, 4.69) is 5.32 Å². The molecule has 1 amide bonds. The summed E-state index contributed by atoms with van der Waals surface area (Å²) in [6.45, 7) is 0.898. The van der Waals surface area contributed by atoms with Gasteiger partial charge in [0.1, 0.15) is 0 Å².